The van der Waals surface area contributed by atoms with Crippen LogP contribution < -0.4 is 5.32 Å². The van der Waals surface area contributed by atoms with Crippen molar-refractivity contribution in [2.45, 2.75) is 37.8 Å². The molecule has 0 bridgehead atoms. The standard InChI is InChI=1S/C23H24N4O2/c28-21-11-9-19(10-12-21)25-22(29)13-8-18-16-27(20-6-2-1-3-7-20)26-23(18)17-5-4-14-24-15-17/h1-8,13-16,19,21,28H,9-12H2,(H,25,29)/b13-8+. The van der Waals surface area contributed by atoms with E-state index in [1.807, 2.05) is 53.3 Å². The minimum atomic E-state index is -0.232. The molecule has 1 aliphatic carbocycles. The lowest BCUT2D eigenvalue weighted by Gasteiger charge is -2.25. The molecular weight excluding hydrogens is 364 g/mol. The second-order valence-corrected chi connectivity index (χ2v) is 7.30. The number of benzene rings is 1. The smallest absolute Gasteiger partial charge is 0.244 e. The van der Waals surface area contributed by atoms with Gasteiger partial charge in [0.1, 0.15) is 5.69 Å². The molecule has 0 unspecified atom stereocenters. The molecule has 2 aromatic heterocycles. The number of aromatic nitrogens is 3. The quantitative estimate of drug-likeness (QED) is 0.657. The highest BCUT2D eigenvalue weighted by atomic mass is 16.3. The molecular formula is C23H24N4O2. The van der Waals surface area contributed by atoms with Crippen molar-refractivity contribution in [3.05, 3.63) is 72.7 Å². The maximum atomic E-state index is 12.4. The van der Waals surface area contributed by atoms with Gasteiger partial charge < -0.3 is 10.4 Å². The van der Waals surface area contributed by atoms with Crippen molar-refractivity contribution in [2.75, 3.05) is 0 Å². The molecule has 6 heteroatoms. The van der Waals surface area contributed by atoms with Crippen LogP contribution in [0.15, 0.2) is 67.1 Å². The van der Waals surface area contributed by atoms with E-state index >= 15 is 0 Å². The topological polar surface area (TPSA) is 80.0 Å². The van der Waals surface area contributed by atoms with E-state index in [1.165, 1.54) is 0 Å². The lowest BCUT2D eigenvalue weighted by Crippen LogP contribution is -2.37. The molecule has 1 amide bonds. The Morgan fingerprint density at radius 2 is 1.90 bits per heavy atom. The number of carbonyl (C=O) groups excluding carboxylic acids is 1. The summed E-state index contributed by atoms with van der Waals surface area (Å²) in [4.78, 5) is 16.6. The molecule has 2 heterocycles. The van der Waals surface area contributed by atoms with E-state index in [2.05, 4.69) is 10.3 Å². The molecule has 1 saturated carbocycles. The minimum absolute atomic E-state index is 0.125. The summed E-state index contributed by atoms with van der Waals surface area (Å²) >= 11 is 0. The van der Waals surface area contributed by atoms with Crippen LogP contribution in [0.3, 0.4) is 0 Å². The molecule has 3 aromatic rings. The number of rotatable bonds is 5. The molecule has 0 saturated heterocycles. The van der Waals surface area contributed by atoms with Crippen molar-refractivity contribution < 1.29 is 9.90 Å². The molecule has 0 radical (unpaired) electrons. The van der Waals surface area contributed by atoms with Crippen molar-refractivity contribution in [3.63, 3.8) is 0 Å². The number of para-hydroxylation sites is 1. The second-order valence-electron chi connectivity index (χ2n) is 7.30. The third-order valence-corrected chi connectivity index (χ3v) is 5.16. The van der Waals surface area contributed by atoms with E-state index in [4.69, 9.17) is 5.10 Å². The fraction of sp³-hybridized carbons (Fsp3) is 0.261. The van der Waals surface area contributed by atoms with Gasteiger partial charge in [0.05, 0.1) is 11.8 Å². The predicted octanol–water partition coefficient (Wildman–Crippen LogP) is 3.37. The Morgan fingerprint density at radius 1 is 1.10 bits per heavy atom. The van der Waals surface area contributed by atoms with E-state index in [0.717, 1.165) is 48.2 Å². The van der Waals surface area contributed by atoms with E-state index in [9.17, 15) is 9.90 Å². The Labute approximate surface area is 169 Å². The summed E-state index contributed by atoms with van der Waals surface area (Å²) in [5.41, 5.74) is 3.45. The largest absolute Gasteiger partial charge is 0.393 e. The molecule has 1 aromatic carbocycles. The van der Waals surface area contributed by atoms with Gasteiger partial charge in [-0.3, -0.25) is 9.78 Å². The van der Waals surface area contributed by atoms with Gasteiger partial charge in [-0.15, -0.1) is 0 Å². The molecule has 29 heavy (non-hydrogen) atoms. The first-order valence-electron chi connectivity index (χ1n) is 9.91. The maximum absolute atomic E-state index is 12.4. The van der Waals surface area contributed by atoms with E-state index in [-0.39, 0.29) is 18.1 Å². The van der Waals surface area contributed by atoms with Crippen molar-refractivity contribution in [1.29, 1.82) is 0 Å². The van der Waals surface area contributed by atoms with Crippen molar-refractivity contribution in [3.8, 4) is 16.9 Å². The van der Waals surface area contributed by atoms with Crippen LogP contribution in [0.5, 0.6) is 0 Å². The summed E-state index contributed by atoms with van der Waals surface area (Å²) in [6.07, 6.45) is 11.6. The van der Waals surface area contributed by atoms with Gasteiger partial charge in [0.25, 0.3) is 0 Å². The number of hydrogen-bond donors (Lipinski definition) is 2. The Hall–Kier alpha value is -3.25. The number of nitrogens with zero attached hydrogens (tertiary/aromatic N) is 3. The molecule has 0 atom stereocenters. The highest BCUT2D eigenvalue weighted by molar-refractivity contribution is 5.93. The summed E-state index contributed by atoms with van der Waals surface area (Å²) < 4.78 is 1.81. The summed E-state index contributed by atoms with van der Waals surface area (Å²) in [5, 5.41) is 17.4. The van der Waals surface area contributed by atoms with Gasteiger partial charge in [-0.1, -0.05) is 18.2 Å². The zero-order valence-corrected chi connectivity index (χ0v) is 16.1. The molecule has 2 N–H and O–H groups in total. The Kier molecular flexibility index (Phi) is 5.81. The Balaban J connectivity index is 1.56. The third-order valence-electron chi connectivity index (χ3n) is 5.16. The Morgan fingerprint density at radius 3 is 2.62 bits per heavy atom. The third kappa shape index (κ3) is 4.78. The lowest BCUT2D eigenvalue weighted by molar-refractivity contribution is -0.117. The van der Waals surface area contributed by atoms with Crippen LogP contribution in [0, 0.1) is 0 Å². The van der Waals surface area contributed by atoms with E-state index in [1.54, 1.807) is 24.5 Å². The van der Waals surface area contributed by atoms with Crippen molar-refractivity contribution >= 4 is 12.0 Å². The second kappa shape index (κ2) is 8.84. The molecule has 4 rings (SSSR count). The van der Waals surface area contributed by atoms with Gasteiger partial charge in [-0.25, -0.2) is 4.68 Å². The first-order valence-corrected chi connectivity index (χ1v) is 9.91. The Bertz CT molecular complexity index is 975. The first-order chi connectivity index (χ1) is 14.2. The molecule has 0 spiro atoms. The highest BCUT2D eigenvalue weighted by Crippen LogP contribution is 2.24. The first kappa shape index (κ1) is 19.1. The molecule has 6 nitrogen and oxygen atoms in total. The van der Waals surface area contributed by atoms with Crippen LogP contribution in [0.25, 0.3) is 23.0 Å². The lowest BCUT2D eigenvalue weighted by atomic mass is 9.93. The summed E-state index contributed by atoms with van der Waals surface area (Å²) in [6, 6.07) is 13.8. The number of amides is 1. The van der Waals surface area contributed by atoms with Crippen molar-refractivity contribution in [2.24, 2.45) is 0 Å². The van der Waals surface area contributed by atoms with Crippen LogP contribution in [0.1, 0.15) is 31.2 Å². The van der Waals surface area contributed by atoms with E-state index < -0.39 is 0 Å². The average molecular weight is 388 g/mol. The van der Waals surface area contributed by atoms with Gasteiger partial charge in [0, 0.05) is 41.8 Å². The molecule has 0 aliphatic heterocycles. The van der Waals surface area contributed by atoms with Gasteiger partial charge >= 0.3 is 0 Å². The fourth-order valence-electron chi connectivity index (χ4n) is 3.58. The molecule has 1 aliphatic rings. The van der Waals surface area contributed by atoms with Crippen LogP contribution in [0.2, 0.25) is 0 Å². The number of pyridine rings is 1. The van der Waals surface area contributed by atoms with Crippen LogP contribution in [-0.4, -0.2) is 37.9 Å². The summed E-state index contributed by atoms with van der Waals surface area (Å²) in [5.74, 6) is -0.129. The van der Waals surface area contributed by atoms with E-state index in [0.29, 0.717) is 0 Å². The highest BCUT2D eigenvalue weighted by Gasteiger charge is 2.20. The zero-order valence-electron chi connectivity index (χ0n) is 16.1. The van der Waals surface area contributed by atoms with Crippen LogP contribution in [0.4, 0.5) is 0 Å². The van der Waals surface area contributed by atoms with Crippen LogP contribution >= 0.6 is 0 Å². The number of hydrogen-bond acceptors (Lipinski definition) is 4. The predicted molar refractivity (Wildman–Crippen MR) is 112 cm³/mol. The zero-order chi connectivity index (χ0) is 20.1. The van der Waals surface area contributed by atoms with Gasteiger partial charge in [-0.05, 0) is 56.0 Å². The fourth-order valence-corrected chi connectivity index (χ4v) is 3.58. The monoisotopic (exact) mass is 388 g/mol. The van der Waals surface area contributed by atoms with Gasteiger partial charge in [0.15, 0.2) is 0 Å². The SMILES string of the molecule is O=C(/C=C/c1cn(-c2ccccc2)nc1-c1cccnc1)NC1CCC(O)CC1. The molecule has 148 valence electrons. The average Bonchev–Trinajstić information content (AvgIpc) is 3.20. The minimum Gasteiger partial charge on any atom is -0.393 e. The normalized spacial score (nSPS) is 19.3. The molecule has 1 fully saturated rings. The van der Waals surface area contributed by atoms with Crippen LogP contribution in [-0.2, 0) is 4.79 Å². The maximum Gasteiger partial charge on any atom is 0.244 e. The number of nitrogens with one attached hydrogen (secondary N) is 1. The summed E-state index contributed by atoms with van der Waals surface area (Å²) in [6.45, 7) is 0. The number of aliphatic hydroxyl groups is 1. The number of aliphatic hydroxyl groups excluding tert-OH is 1. The number of carbonyl (C=O) groups is 1. The summed E-state index contributed by atoms with van der Waals surface area (Å²) in [7, 11) is 0. The van der Waals surface area contributed by atoms with Gasteiger partial charge in [0.2, 0.25) is 5.91 Å². The van der Waals surface area contributed by atoms with Crippen molar-refractivity contribution in [1.82, 2.24) is 20.1 Å². The van der Waals surface area contributed by atoms with Gasteiger partial charge in [-0.2, -0.15) is 5.10 Å².